The van der Waals surface area contributed by atoms with E-state index in [0.717, 1.165) is 24.8 Å². The minimum absolute atomic E-state index is 0.0180. The van der Waals surface area contributed by atoms with Crippen LogP contribution in [0.4, 0.5) is 0 Å². The van der Waals surface area contributed by atoms with Crippen LogP contribution in [-0.4, -0.2) is 45.7 Å². The molecular formula is C26H35NO6. The quantitative estimate of drug-likeness (QED) is 0.563. The Morgan fingerprint density at radius 1 is 1.06 bits per heavy atom. The number of aliphatic carboxylic acids is 1. The predicted octanol–water partition coefficient (Wildman–Crippen LogP) is 3.99. The number of Topliss-reactive ketones (excluding diaryl/α,β-unsaturated/α-hetero) is 1. The van der Waals surface area contributed by atoms with Crippen LogP contribution in [0.5, 0.6) is 0 Å². The van der Waals surface area contributed by atoms with Crippen molar-refractivity contribution in [3.8, 4) is 0 Å². The molecular weight excluding hydrogens is 422 g/mol. The molecule has 7 heteroatoms. The molecule has 1 aliphatic heterocycles. The van der Waals surface area contributed by atoms with E-state index in [4.69, 9.17) is 4.74 Å². The van der Waals surface area contributed by atoms with Crippen LogP contribution in [-0.2, 0) is 30.5 Å². The summed E-state index contributed by atoms with van der Waals surface area (Å²) in [6.45, 7) is 5.52. The standard InChI is InChI=1S/C26H35NO6/c1-26(2,3)22(28)12-18(14-24(30)31)13-23(29)27-20-11-7-10-19(20)15-21(27)25(32)33-16-17-8-5-4-6-9-17/h4-6,8-9,18-21H,7,10-16H2,1-3H3,(H,30,31)/t18?,19-,20-,21-/m1/s1. The molecule has 1 unspecified atom stereocenters. The molecule has 1 aromatic rings. The van der Waals surface area contributed by atoms with E-state index in [0.29, 0.717) is 6.42 Å². The molecule has 0 spiro atoms. The highest BCUT2D eigenvalue weighted by molar-refractivity contribution is 5.88. The molecule has 1 aromatic carbocycles. The molecule has 4 atom stereocenters. The molecule has 0 bridgehead atoms. The van der Waals surface area contributed by atoms with Crippen LogP contribution in [0, 0.1) is 17.3 Å². The SMILES string of the molecule is CC(C)(C)C(=O)CC(CC(=O)O)CC(=O)N1[C@@H](C(=O)OCc2ccccc2)C[C@H]2CCC[C@H]21. The van der Waals surface area contributed by atoms with Crippen molar-refractivity contribution >= 4 is 23.6 Å². The van der Waals surface area contributed by atoms with Gasteiger partial charge in [-0.1, -0.05) is 57.5 Å². The van der Waals surface area contributed by atoms with E-state index in [2.05, 4.69) is 0 Å². The molecule has 7 nitrogen and oxygen atoms in total. The zero-order valence-electron chi connectivity index (χ0n) is 19.8. The molecule has 180 valence electrons. The molecule has 1 amide bonds. The number of fused-ring (bicyclic) bond motifs is 1. The number of likely N-dealkylation sites (tertiary alicyclic amines) is 1. The van der Waals surface area contributed by atoms with Crippen LogP contribution in [0.1, 0.15) is 71.3 Å². The first-order valence-corrected chi connectivity index (χ1v) is 11.8. The number of carbonyl (C=O) groups excluding carboxylic acids is 3. The van der Waals surface area contributed by atoms with Gasteiger partial charge < -0.3 is 14.7 Å². The second-order valence-electron chi connectivity index (χ2n) is 10.4. The van der Waals surface area contributed by atoms with Gasteiger partial charge in [-0.2, -0.15) is 0 Å². The summed E-state index contributed by atoms with van der Waals surface area (Å²) in [5, 5.41) is 9.34. The van der Waals surface area contributed by atoms with Crippen LogP contribution in [0.25, 0.3) is 0 Å². The van der Waals surface area contributed by atoms with Gasteiger partial charge in [0.05, 0.1) is 0 Å². The zero-order chi connectivity index (χ0) is 24.2. The Morgan fingerprint density at radius 3 is 2.39 bits per heavy atom. The molecule has 0 radical (unpaired) electrons. The van der Waals surface area contributed by atoms with Crippen molar-refractivity contribution in [2.75, 3.05) is 0 Å². The maximum absolute atomic E-state index is 13.4. The highest BCUT2D eigenvalue weighted by Gasteiger charge is 2.49. The van der Waals surface area contributed by atoms with Gasteiger partial charge in [0.15, 0.2) is 0 Å². The molecule has 2 fully saturated rings. The summed E-state index contributed by atoms with van der Waals surface area (Å²) in [6, 6.07) is 8.73. The monoisotopic (exact) mass is 457 g/mol. The zero-order valence-corrected chi connectivity index (χ0v) is 19.8. The Balaban J connectivity index is 1.71. The highest BCUT2D eigenvalue weighted by atomic mass is 16.5. The molecule has 1 aliphatic carbocycles. The minimum atomic E-state index is -1.03. The number of carboxylic acids is 1. The van der Waals surface area contributed by atoms with Gasteiger partial charge in [-0.25, -0.2) is 4.79 Å². The summed E-state index contributed by atoms with van der Waals surface area (Å²) in [4.78, 5) is 52.0. The van der Waals surface area contributed by atoms with E-state index >= 15 is 0 Å². The lowest BCUT2D eigenvalue weighted by Gasteiger charge is -2.30. The van der Waals surface area contributed by atoms with Crippen LogP contribution in [0.15, 0.2) is 30.3 Å². The molecule has 2 aliphatic rings. The summed E-state index contributed by atoms with van der Waals surface area (Å²) in [5.41, 5.74) is 0.275. The number of hydrogen-bond donors (Lipinski definition) is 1. The number of ketones is 1. The third-order valence-electron chi connectivity index (χ3n) is 6.86. The number of carboxylic acid groups (broad SMARTS) is 1. The van der Waals surface area contributed by atoms with Crippen molar-refractivity contribution in [3.63, 3.8) is 0 Å². The molecule has 1 saturated carbocycles. The maximum atomic E-state index is 13.4. The predicted molar refractivity (Wildman–Crippen MR) is 122 cm³/mol. The smallest absolute Gasteiger partial charge is 0.329 e. The van der Waals surface area contributed by atoms with Gasteiger partial charge >= 0.3 is 11.9 Å². The fraction of sp³-hybridized carbons (Fsp3) is 0.615. The lowest BCUT2D eigenvalue weighted by molar-refractivity contribution is -0.156. The fourth-order valence-corrected chi connectivity index (χ4v) is 5.07. The Morgan fingerprint density at radius 2 is 1.76 bits per heavy atom. The van der Waals surface area contributed by atoms with E-state index in [1.54, 1.807) is 25.7 Å². The summed E-state index contributed by atoms with van der Waals surface area (Å²) >= 11 is 0. The molecule has 1 heterocycles. The Kier molecular flexibility index (Phi) is 7.92. The summed E-state index contributed by atoms with van der Waals surface area (Å²) in [6.07, 6.45) is 3.12. The Labute approximate surface area is 195 Å². The van der Waals surface area contributed by atoms with Crippen molar-refractivity contribution in [1.29, 1.82) is 0 Å². The van der Waals surface area contributed by atoms with Crippen LogP contribution < -0.4 is 0 Å². The van der Waals surface area contributed by atoms with Crippen molar-refractivity contribution < 1.29 is 29.0 Å². The van der Waals surface area contributed by atoms with Crippen molar-refractivity contribution in [2.24, 2.45) is 17.3 Å². The maximum Gasteiger partial charge on any atom is 0.329 e. The van der Waals surface area contributed by atoms with E-state index in [1.807, 2.05) is 30.3 Å². The van der Waals surface area contributed by atoms with Crippen LogP contribution in [0.2, 0.25) is 0 Å². The van der Waals surface area contributed by atoms with E-state index in [-0.39, 0.29) is 49.5 Å². The first-order valence-electron chi connectivity index (χ1n) is 11.8. The lowest BCUT2D eigenvalue weighted by atomic mass is 9.83. The molecule has 0 aromatic heterocycles. The molecule has 1 N–H and O–H groups in total. The number of ether oxygens (including phenoxy) is 1. The normalized spacial score (nSPS) is 23.1. The van der Waals surface area contributed by atoms with E-state index in [1.165, 1.54) is 0 Å². The summed E-state index contributed by atoms with van der Waals surface area (Å²) < 4.78 is 5.56. The second-order valence-corrected chi connectivity index (χ2v) is 10.4. The number of esters is 1. The number of hydrogen-bond acceptors (Lipinski definition) is 5. The minimum Gasteiger partial charge on any atom is -0.481 e. The lowest BCUT2D eigenvalue weighted by Crippen LogP contribution is -2.46. The third kappa shape index (κ3) is 6.42. The largest absolute Gasteiger partial charge is 0.481 e. The van der Waals surface area contributed by atoms with E-state index < -0.39 is 29.3 Å². The van der Waals surface area contributed by atoms with Crippen molar-refractivity contribution in [2.45, 2.75) is 84.4 Å². The van der Waals surface area contributed by atoms with Gasteiger partial charge in [0.2, 0.25) is 5.91 Å². The third-order valence-corrected chi connectivity index (χ3v) is 6.86. The van der Waals surface area contributed by atoms with Gasteiger partial charge in [0, 0.05) is 30.7 Å². The first-order chi connectivity index (χ1) is 15.6. The van der Waals surface area contributed by atoms with Gasteiger partial charge in [-0.3, -0.25) is 14.4 Å². The fourth-order valence-electron chi connectivity index (χ4n) is 5.07. The van der Waals surface area contributed by atoms with Crippen LogP contribution in [0.3, 0.4) is 0 Å². The van der Waals surface area contributed by atoms with E-state index in [9.17, 15) is 24.3 Å². The van der Waals surface area contributed by atoms with Gasteiger partial charge in [0.1, 0.15) is 18.4 Å². The average Bonchev–Trinajstić information content (AvgIpc) is 3.32. The van der Waals surface area contributed by atoms with Gasteiger partial charge in [0.25, 0.3) is 0 Å². The highest BCUT2D eigenvalue weighted by Crippen LogP contribution is 2.42. The van der Waals surface area contributed by atoms with Gasteiger partial charge in [-0.05, 0) is 36.7 Å². The molecule has 3 rings (SSSR count). The summed E-state index contributed by atoms with van der Waals surface area (Å²) in [5.74, 6) is -2.10. The summed E-state index contributed by atoms with van der Waals surface area (Å²) in [7, 11) is 0. The number of nitrogens with zero attached hydrogens (tertiary/aromatic N) is 1. The number of rotatable bonds is 9. The van der Waals surface area contributed by atoms with Crippen LogP contribution >= 0.6 is 0 Å². The van der Waals surface area contributed by atoms with Crippen molar-refractivity contribution in [3.05, 3.63) is 35.9 Å². The Hall–Kier alpha value is -2.70. The van der Waals surface area contributed by atoms with Crippen molar-refractivity contribution in [1.82, 2.24) is 4.90 Å². The number of amides is 1. The second kappa shape index (κ2) is 10.5. The topological polar surface area (TPSA) is 101 Å². The Bertz CT molecular complexity index is 875. The molecule has 33 heavy (non-hydrogen) atoms. The number of benzene rings is 1. The molecule has 1 saturated heterocycles. The number of carbonyl (C=O) groups is 4. The average molecular weight is 458 g/mol. The first kappa shape index (κ1) is 24.9. The van der Waals surface area contributed by atoms with Gasteiger partial charge in [-0.15, -0.1) is 0 Å².